The third-order valence-electron chi connectivity index (χ3n) is 4.16. The van der Waals surface area contributed by atoms with E-state index in [-0.39, 0.29) is 0 Å². The van der Waals surface area contributed by atoms with E-state index >= 15 is 0 Å². The molecule has 0 spiro atoms. The Kier molecular flexibility index (Phi) is 4.51. The van der Waals surface area contributed by atoms with E-state index in [0.29, 0.717) is 6.04 Å². The van der Waals surface area contributed by atoms with Crippen molar-refractivity contribution < 1.29 is 0 Å². The fourth-order valence-corrected chi connectivity index (χ4v) is 3.02. The van der Waals surface area contributed by atoms with Gasteiger partial charge >= 0.3 is 0 Å². The van der Waals surface area contributed by atoms with Crippen molar-refractivity contribution in [3.8, 4) is 0 Å². The van der Waals surface area contributed by atoms with Gasteiger partial charge in [-0.3, -0.25) is 0 Å². The molecule has 1 saturated carbocycles. The molecule has 0 radical (unpaired) electrons. The predicted octanol–water partition coefficient (Wildman–Crippen LogP) is 4.35. The monoisotopic (exact) mass is 246 g/mol. The van der Waals surface area contributed by atoms with Crippen LogP contribution in [0.2, 0.25) is 0 Å². The van der Waals surface area contributed by atoms with E-state index in [1.165, 1.54) is 49.8 Å². The van der Waals surface area contributed by atoms with Crippen molar-refractivity contribution in [2.45, 2.75) is 58.4 Å². The van der Waals surface area contributed by atoms with Gasteiger partial charge in [-0.2, -0.15) is 0 Å². The SMILES string of the molecule is CCCC1CCC(Nc2cc(N)ccc2C)CC1. The molecule has 1 aliphatic carbocycles. The number of nitrogens with two attached hydrogens (primary N) is 1. The van der Waals surface area contributed by atoms with E-state index in [9.17, 15) is 0 Å². The number of aryl methyl sites for hydroxylation is 1. The van der Waals surface area contributed by atoms with Gasteiger partial charge in [-0.1, -0.05) is 25.8 Å². The van der Waals surface area contributed by atoms with Gasteiger partial charge in [0, 0.05) is 17.4 Å². The first kappa shape index (κ1) is 13.3. The van der Waals surface area contributed by atoms with Crippen molar-refractivity contribution in [2.75, 3.05) is 11.1 Å². The lowest BCUT2D eigenvalue weighted by Crippen LogP contribution is -2.26. The molecule has 0 amide bonds. The van der Waals surface area contributed by atoms with Crippen LogP contribution in [0.4, 0.5) is 11.4 Å². The highest BCUT2D eigenvalue weighted by Crippen LogP contribution is 2.30. The highest BCUT2D eigenvalue weighted by molar-refractivity contribution is 5.59. The molecule has 18 heavy (non-hydrogen) atoms. The van der Waals surface area contributed by atoms with Crippen LogP contribution in [0.1, 0.15) is 51.0 Å². The van der Waals surface area contributed by atoms with Gasteiger partial charge in [-0.05, 0) is 56.2 Å². The highest BCUT2D eigenvalue weighted by atomic mass is 14.9. The average molecular weight is 246 g/mol. The first-order valence-corrected chi connectivity index (χ1v) is 7.31. The molecule has 3 N–H and O–H groups in total. The van der Waals surface area contributed by atoms with Crippen LogP contribution in [0.15, 0.2) is 18.2 Å². The van der Waals surface area contributed by atoms with Crippen LogP contribution in [-0.2, 0) is 0 Å². The van der Waals surface area contributed by atoms with Crippen LogP contribution >= 0.6 is 0 Å². The molecule has 1 aromatic carbocycles. The second-order valence-corrected chi connectivity index (χ2v) is 5.73. The number of nitrogens with one attached hydrogen (secondary N) is 1. The summed E-state index contributed by atoms with van der Waals surface area (Å²) in [6, 6.07) is 6.77. The summed E-state index contributed by atoms with van der Waals surface area (Å²) in [6.07, 6.45) is 8.11. The highest BCUT2D eigenvalue weighted by Gasteiger charge is 2.20. The van der Waals surface area contributed by atoms with E-state index in [4.69, 9.17) is 5.73 Å². The molecule has 1 aromatic rings. The summed E-state index contributed by atoms with van der Waals surface area (Å²) >= 11 is 0. The Morgan fingerprint density at radius 3 is 2.61 bits per heavy atom. The molecule has 2 heteroatoms. The van der Waals surface area contributed by atoms with Crippen molar-refractivity contribution in [1.82, 2.24) is 0 Å². The summed E-state index contributed by atoms with van der Waals surface area (Å²) in [6.45, 7) is 4.44. The Hall–Kier alpha value is -1.18. The number of rotatable bonds is 4. The van der Waals surface area contributed by atoms with Crippen molar-refractivity contribution in [3.63, 3.8) is 0 Å². The summed E-state index contributed by atoms with van der Waals surface area (Å²) < 4.78 is 0. The zero-order chi connectivity index (χ0) is 13.0. The maximum Gasteiger partial charge on any atom is 0.0392 e. The van der Waals surface area contributed by atoms with E-state index in [0.717, 1.165) is 11.6 Å². The first-order chi connectivity index (χ1) is 8.69. The quantitative estimate of drug-likeness (QED) is 0.775. The molecule has 1 aliphatic rings. The topological polar surface area (TPSA) is 38.0 Å². The second-order valence-electron chi connectivity index (χ2n) is 5.73. The third kappa shape index (κ3) is 3.41. The zero-order valence-corrected chi connectivity index (χ0v) is 11.7. The summed E-state index contributed by atoms with van der Waals surface area (Å²) in [5.74, 6) is 0.968. The molecular formula is C16H26N2. The fraction of sp³-hybridized carbons (Fsp3) is 0.625. The molecule has 0 aliphatic heterocycles. The number of hydrogen-bond donors (Lipinski definition) is 2. The Balaban J connectivity index is 1.89. The Labute approximate surface area is 111 Å². The average Bonchev–Trinajstić information content (AvgIpc) is 2.37. The van der Waals surface area contributed by atoms with Gasteiger partial charge in [0.2, 0.25) is 0 Å². The van der Waals surface area contributed by atoms with Crippen LogP contribution in [0.25, 0.3) is 0 Å². The first-order valence-electron chi connectivity index (χ1n) is 7.31. The van der Waals surface area contributed by atoms with Gasteiger partial charge in [-0.25, -0.2) is 0 Å². The molecule has 0 heterocycles. The smallest absolute Gasteiger partial charge is 0.0392 e. The maximum absolute atomic E-state index is 5.85. The van der Waals surface area contributed by atoms with Crippen LogP contribution in [0, 0.1) is 12.8 Å². The van der Waals surface area contributed by atoms with Gasteiger partial charge in [0.25, 0.3) is 0 Å². The predicted molar refractivity (Wildman–Crippen MR) is 79.9 cm³/mol. The zero-order valence-electron chi connectivity index (χ0n) is 11.7. The molecular weight excluding hydrogens is 220 g/mol. The molecule has 0 saturated heterocycles. The minimum atomic E-state index is 0.638. The van der Waals surface area contributed by atoms with Gasteiger partial charge in [0.05, 0.1) is 0 Å². The van der Waals surface area contributed by atoms with Crippen molar-refractivity contribution in [2.24, 2.45) is 5.92 Å². The Morgan fingerprint density at radius 2 is 1.94 bits per heavy atom. The number of benzene rings is 1. The van der Waals surface area contributed by atoms with Crippen molar-refractivity contribution in [1.29, 1.82) is 0 Å². The molecule has 1 fully saturated rings. The lowest BCUT2D eigenvalue weighted by atomic mass is 9.83. The van der Waals surface area contributed by atoms with Gasteiger partial charge in [0.1, 0.15) is 0 Å². The minimum absolute atomic E-state index is 0.638. The van der Waals surface area contributed by atoms with Crippen LogP contribution in [-0.4, -0.2) is 6.04 Å². The standard InChI is InChI=1S/C16H26N2/c1-3-4-13-6-9-15(10-7-13)18-16-11-14(17)8-5-12(16)2/h5,8,11,13,15,18H,3-4,6-7,9-10,17H2,1-2H3. The van der Waals surface area contributed by atoms with Gasteiger partial charge in [-0.15, -0.1) is 0 Å². The molecule has 0 atom stereocenters. The maximum atomic E-state index is 5.85. The summed E-state index contributed by atoms with van der Waals surface area (Å²) in [4.78, 5) is 0. The normalized spacial score (nSPS) is 23.9. The van der Waals surface area contributed by atoms with Gasteiger partial charge in [0.15, 0.2) is 0 Å². The number of hydrogen-bond acceptors (Lipinski definition) is 2. The Bertz CT molecular complexity index is 379. The Morgan fingerprint density at radius 1 is 1.22 bits per heavy atom. The second kappa shape index (κ2) is 6.12. The summed E-state index contributed by atoms with van der Waals surface area (Å²) in [5.41, 5.74) is 9.21. The molecule has 0 aromatic heterocycles. The van der Waals surface area contributed by atoms with Crippen LogP contribution < -0.4 is 11.1 Å². The summed E-state index contributed by atoms with van der Waals surface area (Å²) in [5, 5.41) is 3.67. The lowest BCUT2D eigenvalue weighted by molar-refractivity contribution is 0.319. The third-order valence-corrected chi connectivity index (χ3v) is 4.16. The van der Waals surface area contributed by atoms with E-state index < -0.39 is 0 Å². The van der Waals surface area contributed by atoms with Crippen molar-refractivity contribution in [3.05, 3.63) is 23.8 Å². The largest absolute Gasteiger partial charge is 0.399 e. The molecule has 0 bridgehead atoms. The fourth-order valence-electron chi connectivity index (χ4n) is 3.02. The van der Waals surface area contributed by atoms with Gasteiger partial charge < -0.3 is 11.1 Å². The lowest BCUT2D eigenvalue weighted by Gasteiger charge is -2.30. The minimum Gasteiger partial charge on any atom is -0.399 e. The number of nitrogen functional groups attached to an aromatic ring is 1. The number of anilines is 2. The van der Waals surface area contributed by atoms with Crippen LogP contribution in [0.3, 0.4) is 0 Å². The van der Waals surface area contributed by atoms with E-state index in [2.05, 4.69) is 31.3 Å². The van der Waals surface area contributed by atoms with Crippen molar-refractivity contribution >= 4 is 11.4 Å². The molecule has 2 nitrogen and oxygen atoms in total. The molecule has 0 unspecified atom stereocenters. The molecule has 100 valence electrons. The summed E-state index contributed by atoms with van der Waals surface area (Å²) in [7, 11) is 0. The van der Waals surface area contributed by atoms with E-state index in [1.807, 2.05) is 6.07 Å². The van der Waals surface area contributed by atoms with E-state index in [1.54, 1.807) is 0 Å². The van der Waals surface area contributed by atoms with Crippen LogP contribution in [0.5, 0.6) is 0 Å². The molecule has 2 rings (SSSR count).